The van der Waals surface area contributed by atoms with Gasteiger partial charge in [0.1, 0.15) is 5.82 Å². The number of nitrogens with zero attached hydrogens (tertiary/aromatic N) is 6. The maximum absolute atomic E-state index is 13.6. The number of methoxy groups -OCH3 is 1. The van der Waals surface area contributed by atoms with Gasteiger partial charge in [-0.25, -0.2) is 14.5 Å². The maximum Gasteiger partial charge on any atom is 0.411 e. The highest BCUT2D eigenvalue weighted by atomic mass is 35.5. The van der Waals surface area contributed by atoms with Crippen LogP contribution in [0.2, 0.25) is 5.15 Å². The van der Waals surface area contributed by atoms with E-state index in [1.165, 1.54) is 12.0 Å². The third-order valence-electron chi connectivity index (χ3n) is 7.75. The Morgan fingerprint density at radius 3 is 2.63 bits per heavy atom. The summed E-state index contributed by atoms with van der Waals surface area (Å²) < 4.78 is 8.47. The van der Waals surface area contributed by atoms with Gasteiger partial charge in [-0.3, -0.25) is 9.69 Å². The minimum atomic E-state index is -1.04. The van der Waals surface area contributed by atoms with Gasteiger partial charge in [0.2, 0.25) is 0 Å². The van der Waals surface area contributed by atoms with Crippen molar-refractivity contribution in [3.05, 3.63) is 99.1 Å². The highest BCUT2D eigenvalue weighted by Crippen LogP contribution is 2.35. The number of halogens is 1. The molecule has 2 aromatic carbocycles. The lowest BCUT2D eigenvalue weighted by atomic mass is 10.0. The van der Waals surface area contributed by atoms with Crippen LogP contribution in [0.25, 0.3) is 28.1 Å². The Balaban J connectivity index is 1.31. The highest BCUT2D eigenvalue weighted by molar-refractivity contribution is 6.29. The number of imidazole rings is 1. The Hall–Kier alpha value is -4.74. The van der Waals surface area contributed by atoms with Crippen LogP contribution in [0.5, 0.6) is 0 Å². The number of amides is 1. The Morgan fingerprint density at radius 1 is 1.14 bits per heavy atom. The number of nitrogens with one attached hydrogen (secondary N) is 1. The summed E-state index contributed by atoms with van der Waals surface area (Å²) >= 11 is 6.03. The number of benzene rings is 2. The van der Waals surface area contributed by atoms with Crippen LogP contribution in [0.4, 0.5) is 10.5 Å². The first-order chi connectivity index (χ1) is 20.7. The number of aromatic amines is 1. The van der Waals surface area contributed by atoms with Crippen LogP contribution in [-0.2, 0) is 11.2 Å². The molecule has 1 atom stereocenters. The van der Waals surface area contributed by atoms with E-state index in [4.69, 9.17) is 21.3 Å². The average Bonchev–Trinajstić information content (AvgIpc) is 3.71. The third-order valence-corrected chi connectivity index (χ3v) is 7.92. The van der Waals surface area contributed by atoms with Gasteiger partial charge in [-0.15, -0.1) is 5.10 Å². The van der Waals surface area contributed by atoms with Gasteiger partial charge in [0, 0.05) is 30.1 Å². The van der Waals surface area contributed by atoms with Crippen LogP contribution in [0.1, 0.15) is 35.2 Å². The molecule has 0 saturated heterocycles. The van der Waals surface area contributed by atoms with Crippen molar-refractivity contribution in [3.63, 3.8) is 0 Å². The van der Waals surface area contributed by atoms with Crippen LogP contribution in [0.15, 0.2) is 65.6 Å². The fraction of sp³-hybridized carbons (Fsp3) is 0.258. The zero-order valence-electron chi connectivity index (χ0n) is 23.9. The molecule has 5 aromatic rings. The Bertz CT molecular complexity index is 1880. The minimum Gasteiger partial charge on any atom is -0.465 e. The lowest BCUT2D eigenvalue weighted by molar-refractivity contribution is 0.186. The molecular weight excluding hydrogens is 570 g/mol. The smallest absolute Gasteiger partial charge is 0.411 e. The molecule has 4 heterocycles. The van der Waals surface area contributed by atoms with E-state index in [2.05, 4.69) is 21.4 Å². The van der Waals surface area contributed by atoms with E-state index in [1.807, 2.05) is 48.7 Å². The van der Waals surface area contributed by atoms with Gasteiger partial charge in [-0.2, -0.15) is 0 Å². The molecule has 3 aromatic heterocycles. The Labute approximate surface area is 252 Å². The third kappa shape index (κ3) is 5.44. The van der Waals surface area contributed by atoms with E-state index in [0.29, 0.717) is 18.1 Å². The molecule has 11 nitrogen and oxygen atoms in total. The number of carbonyl (C=O) groups is 1. The zero-order valence-corrected chi connectivity index (χ0v) is 24.7. The van der Waals surface area contributed by atoms with Gasteiger partial charge in [0.15, 0.2) is 5.15 Å². The van der Waals surface area contributed by atoms with Gasteiger partial charge in [0.25, 0.3) is 5.56 Å². The van der Waals surface area contributed by atoms with Crippen molar-refractivity contribution in [3.8, 4) is 28.1 Å². The quantitative estimate of drug-likeness (QED) is 0.243. The van der Waals surface area contributed by atoms with E-state index in [1.54, 1.807) is 29.1 Å². The Kier molecular flexibility index (Phi) is 7.59. The lowest BCUT2D eigenvalue weighted by Crippen LogP contribution is -2.32. The molecule has 0 radical (unpaired) electrons. The molecule has 43 heavy (non-hydrogen) atoms. The number of fused-ring (bicyclic) bond motifs is 1. The van der Waals surface area contributed by atoms with Crippen LogP contribution in [0.3, 0.4) is 0 Å². The van der Waals surface area contributed by atoms with Gasteiger partial charge >= 0.3 is 6.09 Å². The normalized spacial score (nSPS) is 14.2. The summed E-state index contributed by atoms with van der Waals surface area (Å²) in [6.07, 6.45) is 2.05. The number of anilines is 1. The molecule has 1 aliphatic heterocycles. The molecule has 0 fully saturated rings. The maximum atomic E-state index is 13.6. The second-order valence-electron chi connectivity index (χ2n) is 10.6. The number of hydrogen-bond acceptors (Lipinski definition) is 6. The molecule has 1 amide bonds. The van der Waals surface area contributed by atoms with Crippen molar-refractivity contribution in [2.45, 2.75) is 32.7 Å². The summed E-state index contributed by atoms with van der Waals surface area (Å²) in [6, 6.07) is 16.7. The van der Waals surface area contributed by atoms with Crippen molar-refractivity contribution in [1.82, 2.24) is 29.5 Å². The summed E-state index contributed by atoms with van der Waals surface area (Å²) in [4.78, 5) is 34.8. The zero-order chi connectivity index (χ0) is 30.2. The Morgan fingerprint density at radius 2 is 1.93 bits per heavy atom. The number of aryl methyl sites for hydroxylation is 3. The van der Waals surface area contributed by atoms with Crippen molar-refractivity contribution >= 4 is 23.4 Å². The van der Waals surface area contributed by atoms with Crippen molar-refractivity contribution in [2.24, 2.45) is 0 Å². The second-order valence-corrected chi connectivity index (χ2v) is 10.9. The summed E-state index contributed by atoms with van der Waals surface area (Å²) in [6.45, 7) is 4.45. The fourth-order valence-electron chi connectivity index (χ4n) is 5.70. The fourth-order valence-corrected chi connectivity index (χ4v) is 5.83. The predicted molar refractivity (Wildman–Crippen MR) is 163 cm³/mol. The van der Waals surface area contributed by atoms with Gasteiger partial charge in [-0.1, -0.05) is 40.6 Å². The SMILES string of the molecule is COCCN(C(=O)O)c1ccc(-c2[nH]c([C@@H]3CCc4cc(-c5cc(C)ccc5-n5cc(Cl)nn5)cc(=O)n43)nc2C)cc1. The van der Waals surface area contributed by atoms with Crippen LogP contribution < -0.4 is 10.5 Å². The standard InChI is InChI=1S/C31H30ClN7O4/c1-18-4-10-25(38-17-27(32)35-36-38)24(14-18)21-15-23-9-11-26(39(23)28(40)16-21)30-33-19(2)29(34-30)20-5-7-22(8-6-20)37(31(41)42)12-13-43-3/h4-8,10,14-17,26H,9,11-13H2,1-3H3,(H,33,34)(H,41,42)/t26-/m0/s1. The summed E-state index contributed by atoms with van der Waals surface area (Å²) in [5.41, 5.74) is 7.39. The van der Waals surface area contributed by atoms with E-state index in [9.17, 15) is 14.7 Å². The lowest BCUT2D eigenvalue weighted by Gasteiger charge is -2.19. The molecule has 0 unspecified atom stereocenters. The van der Waals surface area contributed by atoms with Crippen molar-refractivity contribution in [1.29, 1.82) is 0 Å². The number of H-pyrrole nitrogens is 1. The summed E-state index contributed by atoms with van der Waals surface area (Å²) in [5.74, 6) is 0.714. The van der Waals surface area contributed by atoms with Crippen molar-refractivity contribution < 1.29 is 14.6 Å². The first kappa shape index (κ1) is 28.4. The minimum absolute atomic E-state index is 0.108. The second kappa shape index (κ2) is 11.5. The number of pyridine rings is 1. The molecule has 0 saturated carbocycles. The largest absolute Gasteiger partial charge is 0.465 e. The van der Waals surface area contributed by atoms with E-state index >= 15 is 0 Å². The highest BCUT2D eigenvalue weighted by Gasteiger charge is 2.29. The predicted octanol–water partition coefficient (Wildman–Crippen LogP) is 5.42. The van der Waals surface area contributed by atoms with Crippen molar-refractivity contribution in [2.75, 3.05) is 25.2 Å². The number of carboxylic acid groups (broad SMARTS) is 1. The monoisotopic (exact) mass is 599 g/mol. The number of aromatic nitrogens is 6. The topological polar surface area (TPSA) is 131 Å². The van der Waals surface area contributed by atoms with Gasteiger partial charge in [0.05, 0.1) is 42.5 Å². The first-order valence-electron chi connectivity index (χ1n) is 13.8. The van der Waals surface area contributed by atoms with E-state index in [0.717, 1.165) is 57.9 Å². The van der Waals surface area contributed by atoms with Crippen LogP contribution in [0, 0.1) is 13.8 Å². The molecule has 2 N–H and O–H groups in total. The first-order valence-corrected chi connectivity index (χ1v) is 14.2. The molecular formula is C31H30ClN7O4. The molecule has 0 bridgehead atoms. The van der Waals surface area contributed by atoms with E-state index < -0.39 is 6.09 Å². The van der Waals surface area contributed by atoms with Gasteiger partial charge < -0.3 is 19.4 Å². The number of hydrogen-bond donors (Lipinski definition) is 2. The summed E-state index contributed by atoms with van der Waals surface area (Å²) in [5, 5.41) is 17.9. The van der Waals surface area contributed by atoms with Crippen LogP contribution in [-0.4, -0.2) is 61.0 Å². The molecule has 6 rings (SSSR count). The molecule has 220 valence electrons. The molecule has 0 spiro atoms. The molecule has 1 aliphatic rings. The number of rotatable bonds is 8. The van der Waals surface area contributed by atoms with E-state index in [-0.39, 0.29) is 23.3 Å². The van der Waals surface area contributed by atoms with Gasteiger partial charge in [-0.05, 0) is 68.1 Å². The average molecular weight is 600 g/mol. The molecule has 12 heteroatoms. The molecule has 0 aliphatic carbocycles. The summed E-state index contributed by atoms with van der Waals surface area (Å²) in [7, 11) is 1.54. The van der Waals surface area contributed by atoms with Crippen LogP contribution >= 0.6 is 11.6 Å². The number of ether oxygens (including phenoxy) is 1.